The quantitative estimate of drug-likeness (QED) is 0.738. The van der Waals surface area contributed by atoms with Crippen LogP contribution in [0.5, 0.6) is 0 Å². The van der Waals surface area contributed by atoms with Crippen molar-refractivity contribution in [3.05, 3.63) is 44.2 Å². The third-order valence-electron chi connectivity index (χ3n) is 4.01. The van der Waals surface area contributed by atoms with Crippen LogP contribution in [0.4, 0.5) is 0 Å². The van der Waals surface area contributed by atoms with E-state index in [1.165, 1.54) is 12.8 Å². The van der Waals surface area contributed by atoms with Crippen LogP contribution in [0.1, 0.15) is 26.7 Å². The van der Waals surface area contributed by atoms with E-state index in [0.29, 0.717) is 0 Å². The Morgan fingerprint density at radius 3 is 1.60 bits per heavy atom. The second-order valence-electron chi connectivity index (χ2n) is 5.40. The maximum atomic E-state index is 7.00. The minimum atomic E-state index is -2.08. The Morgan fingerprint density at radius 2 is 1.40 bits per heavy atom. The van der Waals surface area contributed by atoms with Crippen molar-refractivity contribution >= 4 is 22.4 Å². The van der Waals surface area contributed by atoms with Gasteiger partial charge >= 0.3 is 109 Å². The molecule has 0 atom stereocenters. The molecular weight excluding hydrogens is 320 g/mol. The van der Waals surface area contributed by atoms with E-state index in [0.717, 1.165) is 7.11 Å². The second-order valence-corrected chi connectivity index (χ2v) is 21.1. The van der Waals surface area contributed by atoms with E-state index in [-0.39, 0.29) is 18.6 Å². The van der Waals surface area contributed by atoms with Crippen LogP contribution >= 0.6 is 12.4 Å². The summed E-state index contributed by atoms with van der Waals surface area (Å²) in [5, 5.41) is 7.00. The first-order chi connectivity index (χ1) is 9.10. The maximum Gasteiger partial charge on any atom is -0.147 e. The minimum Gasteiger partial charge on any atom is -0.147 e. The Morgan fingerprint density at radius 1 is 1.00 bits per heavy atom. The van der Waals surface area contributed by atoms with E-state index < -0.39 is 14.9 Å². The summed E-state index contributed by atoms with van der Waals surface area (Å²) in [6, 6.07) is 0. The van der Waals surface area contributed by atoms with Crippen molar-refractivity contribution in [1.82, 2.24) is 0 Å². The molecule has 2 rings (SSSR count). The summed E-state index contributed by atoms with van der Waals surface area (Å²) in [6.45, 7) is 9.87. The topological polar surface area (TPSA) is 20.2 Å². The van der Waals surface area contributed by atoms with Gasteiger partial charge < -0.3 is 5.11 Å². The fourth-order valence-corrected chi connectivity index (χ4v) is 23.0. The fourth-order valence-electron chi connectivity index (χ4n) is 3.44. The smallest absolute Gasteiger partial charge is 0.147 e. The molecule has 0 aromatic rings. The van der Waals surface area contributed by atoms with Crippen molar-refractivity contribution < 1.29 is 20.0 Å². The molecule has 0 saturated carbocycles. The molecule has 0 amide bonds. The molecule has 0 aromatic carbocycles. The first-order valence-corrected chi connectivity index (χ1v) is 14.1. The molecule has 4 heteroatoms. The normalized spacial score (nSPS) is 15.1. The van der Waals surface area contributed by atoms with Gasteiger partial charge in [-0.3, -0.25) is 0 Å². The number of hydrogen-bond acceptors (Lipinski definition) is 1. The summed E-state index contributed by atoms with van der Waals surface area (Å²) in [5.41, 5.74) is 0. The molecule has 1 nitrogen and oxygen atoms in total. The summed E-state index contributed by atoms with van der Waals surface area (Å²) in [6.07, 6.45) is 16.3. The van der Waals surface area contributed by atoms with Gasteiger partial charge in [-0.15, -0.1) is 12.4 Å². The average molecular weight is 347 g/mol. The maximum absolute atomic E-state index is 7.00. The van der Waals surface area contributed by atoms with Crippen molar-refractivity contribution in [2.75, 3.05) is 7.11 Å². The van der Waals surface area contributed by atoms with Crippen molar-refractivity contribution in [1.29, 1.82) is 0 Å². The van der Waals surface area contributed by atoms with E-state index in [2.05, 4.69) is 63.4 Å². The summed E-state index contributed by atoms with van der Waals surface area (Å²) < 4.78 is 5.37. The van der Waals surface area contributed by atoms with Gasteiger partial charge in [0.1, 0.15) is 0 Å². The SMILES string of the molecule is CO.C[C](C)=[Ti]([C]1=CC=CC1)([C]1=CC=CC1)=[Si](C)C.Cl. The van der Waals surface area contributed by atoms with Crippen molar-refractivity contribution in [3.63, 3.8) is 0 Å². The average Bonchev–Trinajstić information content (AvgIpc) is 3.04. The molecule has 0 unspecified atom stereocenters. The number of halogens is 1. The molecule has 2 aliphatic carbocycles. The molecule has 0 fully saturated rings. The number of rotatable bonds is 2. The molecule has 112 valence electrons. The van der Waals surface area contributed by atoms with Crippen molar-refractivity contribution in [2.24, 2.45) is 0 Å². The van der Waals surface area contributed by atoms with Gasteiger partial charge in [0, 0.05) is 7.11 Å². The van der Waals surface area contributed by atoms with E-state index in [1.807, 2.05) is 0 Å². The summed E-state index contributed by atoms with van der Waals surface area (Å²) in [7, 11) is 1.00. The molecular formula is C16H27ClOSiTi. The van der Waals surface area contributed by atoms with E-state index >= 15 is 0 Å². The van der Waals surface area contributed by atoms with Gasteiger partial charge in [0.05, 0.1) is 0 Å². The molecule has 2 aliphatic rings. The van der Waals surface area contributed by atoms with Gasteiger partial charge in [-0.1, -0.05) is 0 Å². The molecule has 0 aliphatic heterocycles. The Hall–Kier alpha value is 0.0112. The van der Waals surface area contributed by atoms with Crippen molar-refractivity contribution in [3.8, 4) is 0 Å². The van der Waals surface area contributed by atoms with Gasteiger partial charge in [-0.05, 0) is 0 Å². The Balaban J connectivity index is 0.00000115. The van der Waals surface area contributed by atoms with E-state index in [1.54, 1.807) is 11.6 Å². The van der Waals surface area contributed by atoms with Gasteiger partial charge in [0.2, 0.25) is 0 Å². The second kappa shape index (κ2) is 9.12. The Kier molecular flexibility index (Phi) is 9.12. The number of aliphatic hydroxyl groups excluding tert-OH is 1. The predicted octanol–water partition coefficient (Wildman–Crippen LogP) is 4.32. The van der Waals surface area contributed by atoms with E-state index in [9.17, 15) is 0 Å². The van der Waals surface area contributed by atoms with Crippen LogP contribution in [0, 0.1) is 0 Å². The summed E-state index contributed by atoms with van der Waals surface area (Å²) in [5.74, 6) is 0. The van der Waals surface area contributed by atoms with Crippen LogP contribution in [-0.4, -0.2) is 22.2 Å². The van der Waals surface area contributed by atoms with Gasteiger partial charge in [0.25, 0.3) is 0 Å². The first kappa shape index (κ1) is 20.0. The fraction of sp³-hybridized carbons (Fsp3) is 0.438. The molecule has 0 bridgehead atoms. The van der Waals surface area contributed by atoms with Crippen LogP contribution < -0.4 is 0 Å². The van der Waals surface area contributed by atoms with E-state index in [4.69, 9.17) is 5.11 Å². The predicted molar refractivity (Wildman–Crippen MR) is 92.9 cm³/mol. The minimum absolute atomic E-state index is 0. The van der Waals surface area contributed by atoms with Crippen LogP contribution in [0.15, 0.2) is 44.2 Å². The zero-order valence-corrected chi connectivity index (χ0v) is 16.6. The number of allylic oxidation sites excluding steroid dienone is 8. The summed E-state index contributed by atoms with van der Waals surface area (Å²) in [4.78, 5) is 0. The monoisotopic (exact) mass is 346 g/mol. The van der Waals surface area contributed by atoms with Gasteiger partial charge in [0.15, 0.2) is 0 Å². The molecule has 0 spiro atoms. The van der Waals surface area contributed by atoms with Crippen LogP contribution in [0.25, 0.3) is 0 Å². The first-order valence-electron chi connectivity index (χ1n) is 6.88. The standard InChI is InChI=1S/2C5H5.C3H6.C2H6Si.CH4O.ClH.Ti/c2*1-2-4-5-3-1;2*1-3-2;1-2;;/h2*1-3H,4H2;2*1-2H3;2H,1H3;1H;. The van der Waals surface area contributed by atoms with Crippen LogP contribution in [0.2, 0.25) is 13.1 Å². The third kappa shape index (κ3) is 3.61. The van der Waals surface area contributed by atoms with Crippen LogP contribution in [-0.2, 0) is 14.9 Å². The Bertz CT molecular complexity index is 522. The number of hydrogen-bond donors (Lipinski definition) is 1. The largest absolute Gasteiger partial charge is 0.147 e. The van der Waals surface area contributed by atoms with Crippen LogP contribution in [0.3, 0.4) is 0 Å². The molecule has 0 radical (unpaired) electrons. The zero-order chi connectivity index (χ0) is 14.5. The molecule has 0 aromatic heterocycles. The number of aliphatic hydroxyl groups is 1. The third-order valence-corrected chi connectivity index (χ3v) is 23.8. The molecule has 20 heavy (non-hydrogen) atoms. The summed E-state index contributed by atoms with van der Waals surface area (Å²) >= 11 is -2.08. The zero-order valence-electron chi connectivity index (χ0n) is 13.2. The Labute approximate surface area is 133 Å². The van der Waals surface area contributed by atoms with Gasteiger partial charge in [-0.25, -0.2) is 0 Å². The molecule has 1 N–H and O–H groups in total. The molecule has 0 heterocycles. The van der Waals surface area contributed by atoms with Gasteiger partial charge in [-0.2, -0.15) is 0 Å². The van der Waals surface area contributed by atoms with Crippen molar-refractivity contribution in [2.45, 2.75) is 39.8 Å². The molecule has 0 saturated heterocycles.